The summed E-state index contributed by atoms with van der Waals surface area (Å²) in [6.07, 6.45) is 8.38. The third-order valence-corrected chi connectivity index (χ3v) is 4.75. The van der Waals surface area contributed by atoms with Gasteiger partial charge in [0.25, 0.3) is 0 Å². The summed E-state index contributed by atoms with van der Waals surface area (Å²) in [5.41, 5.74) is 0.609. The minimum Gasteiger partial charge on any atom is -0.378 e. The SMILES string of the molecule is CCCC1CC2(CCNCC2CC)CCO1. The Morgan fingerprint density at radius 3 is 2.94 bits per heavy atom. The number of nitrogens with one attached hydrogen (secondary N) is 1. The highest BCUT2D eigenvalue weighted by Gasteiger charge is 2.43. The van der Waals surface area contributed by atoms with E-state index in [1.54, 1.807) is 0 Å². The van der Waals surface area contributed by atoms with Gasteiger partial charge in [-0.05, 0) is 50.1 Å². The highest BCUT2D eigenvalue weighted by atomic mass is 16.5. The second-order valence-corrected chi connectivity index (χ2v) is 5.66. The van der Waals surface area contributed by atoms with Crippen LogP contribution in [0.15, 0.2) is 0 Å². The normalized spacial score (nSPS) is 40.1. The van der Waals surface area contributed by atoms with E-state index in [1.165, 1.54) is 51.6 Å². The molecule has 2 aliphatic rings. The lowest BCUT2D eigenvalue weighted by molar-refractivity contribution is -0.0859. The van der Waals surface area contributed by atoms with Gasteiger partial charge in [0.05, 0.1) is 6.10 Å². The van der Waals surface area contributed by atoms with Crippen molar-refractivity contribution in [2.24, 2.45) is 11.3 Å². The zero-order valence-corrected chi connectivity index (χ0v) is 10.9. The molecule has 0 radical (unpaired) electrons. The molecular weight excluding hydrogens is 198 g/mol. The van der Waals surface area contributed by atoms with Crippen LogP contribution in [-0.2, 0) is 4.74 Å². The molecule has 3 unspecified atom stereocenters. The van der Waals surface area contributed by atoms with Gasteiger partial charge in [0.1, 0.15) is 0 Å². The maximum atomic E-state index is 5.92. The smallest absolute Gasteiger partial charge is 0.0580 e. The van der Waals surface area contributed by atoms with Crippen molar-refractivity contribution in [1.29, 1.82) is 0 Å². The Labute approximate surface area is 100 Å². The van der Waals surface area contributed by atoms with Crippen LogP contribution in [0.25, 0.3) is 0 Å². The van der Waals surface area contributed by atoms with Crippen molar-refractivity contribution in [2.45, 2.75) is 58.5 Å². The Bertz CT molecular complexity index is 213. The minimum atomic E-state index is 0.547. The monoisotopic (exact) mass is 225 g/mol. The summed E-state index contributed by atoms with van der Waals surface area (Å²) in [4.78, 5) is 0. The van der Waals surface area contributed by atoms with E-state index in [0.717, 1.165) is 12.5 Å². The fourth-order valence-corrected chi connectivity index (χ4v) is 3.76. The Hall–Kier alpha value is -0.0800. The molecule has 1 spiro atoms. The molecule has 0 aliphatic carbocycles. The summed E-state index contributed by atoms with van der Waals surface area (Å²) in [6.45, 7) is 8.07. The lowest BCUT2D eigenvalue weighted by Crippen LogP contribution is -2.49. The fraction of sp³-hybridized carbons (Fsp3) is 1.00. The summed E-state index contributed by atoms with van der Waals surface area (Å²) in [5.74, 6) is 0.879. The van der Waals surface area contributed by atoms with Crippen molar-refractivity contribution in [3.63, 3.8) is 0 Å². The van der Waals surface area contributed by atoms with E-state index in [2.05, 4.69) is 19.2 Å². The molecule has 2 rings (SSSR count). The van der Waals surface area contributed by atoms with Crippen molar-refractivity contribution in [1.82, 2.24) is 5.32 Å². The number of hydrogen-bond acceptors (Lipinski definition) is 2. The Kier molecular flexibility index (Phi) is 4.26. The van der Waals surface area contributed by atoms with Crippen LogP contribution in [-0.4, -0.2) is 25.8 Å². The highest BCUT2D eigenvalue weighted by Crippen LogP contribution is 2.46. The maximum absolute atomic E-state index is 5.92. The second kappa shape index (κ2) is 5.50. The Morgan fingerprint density at radius 1 is 1.31 bits per heavy atom. The molecule has 2 fully saturated rings. The fourth-order valence-electron chi connectivity index (χ4n) is 3.76. The van der Waals surface area contributed by atoms with Gasteiger partial charge in [0.2, 0.25) is 0 Å². The molecule has 16 heavy (non-hydrogen) atoms. The van der Waals surface area contributed by atoms with E-state index in [1.807, 2.05) is 0 Å². The molecule has 0 aromatic heterocycles. The van der Waals surface area contributed by atoms with Crippen LogP contribution in [0.2, 0.25) is 0 Å². The predicted octanol–water partition coefficient (Wildman–Crippen LogP) is 2.97. The summed E-state index contributed by atoms with van der Waals surface area (Å²) in [5, 5.41) is 3.56. The van der Waals surface area contributed by atoms with Gasteiger partial charge in [0.15, 0.2) is 0 Å². The highest BCUT2D eigenvalue weighted by molar-refractivity contribution is 4.94. The van der Waals surface area contributed by atoms with Gasteiger partial charge in [-0.2, -0.15) is 0 Å². The third-order valence-electron chi connectivity index (χ3n) is 4.75. The van der Waals surface area contributed by atoms with Gasteiger partial charge in [-0.3, -0.25) is 0 Å². The van der Waals surface area contributed by atoms with Crippen LogP contribution < -0.4 is 5.32 Å². The van der Waals surface area contributed by atoms with E-state index in [4.69, 9.17) is 4.74 Å². The molecule has 94 valence electrons. The van der Waals surface area contributed by atoms with Gasteiger partial charge in [-0.25, -0.2) is 0 Å². The molecule has 2 nitrogen and oxygen atoms in total. The van der Waals surface area contributed by atoms with Gasteiger partial charge in [-0.15, -0.1) is 0 Å². The summed E-state index contributed by atoms with van der Waals surface area (Å²) < 4.78 is 5.92. The lowest BCUT2D eigenvalue weighted by Gasteiger charge is -2.49. The van der Waals surface area contributed by atoms with Crippen LogP contribution >= 0.6 is 0 Å². The number of rotatable bonds is 3. The number of hydrogen-bond donors (Lipinski definition) is 1. The number of piperidine rings is 1. The van der Waals surface area contributed by atoms with Crippen LogP contribution in [0.4, 0.5) is 0 Å². The molecular formula is C14H27NO. The topological polar surface area (TPSA) is 21.3 Å². The Morgan fingerprint density at radius 2 is 2.19 bits per heavy atom. The first-order chi connectivity index (χ1) is 7.80. The molecule has 0 aromatic rings. The zero-order valence-electron chi connectivity index (χ0n) is 10.9. The van der Waals surface area contributed by atoms with E-state index in [0.29, 0.717) is 11.5 Å². The third kappa shape index (κ3) is 2.43. The quantitative estimate of drug-likeness (QED) is 0.797. The molecule has 2 aliphatic heterocycles. The average molecular weight is 225 g/mol. The minimum absolute atomic E-state index is 0.547. The summed E-state index contributed by atoms with van der Waals surface area (Å²) in [7, 11) is 0. The van der Waals surface area contributed by atoms with E-state index in [-0.39, 0.29) is 0 Å². The molecule has 0 bridgehead atoms. The van der Waals surface area contributed by atoms with Gasteiger partial charge in [-0.1, -0.05) is 26.7 Å². The molecule has 2 heterocycles. The van der Waals surface area contributed by atoms with Crippen LogP contribution in [0.3, 0.4) is 0 Å². The molecule has 1 N–H and O–H groups in total. The zero-order chi connectivity index (χ0) is 11.4. The molecule has 2 heteroatoms. The van der Waals surface area contributed by atoms with Crippen molar-refractivity contribution in [3.8, 4) is 0 Å². The van der Waals surface area contributed by atoms with E-state index >= 15 is 0 Å². The molecule has 2 saturated heterocycles. The van der Waals surface area contributed by atoms with Crippen molar-refractivity contribution < 1.29 is 4.74 Å². The lowest BCUT2D eigenvalue weighted by atomic mass is 9.63. The van der Waals surface area contributed by atoms with Crippen LogP contribution in [0.1, 0.15) is 52.4 Å². The molecule has 3 atom stereocenters. The van der Waals surface area contributed by atoms with Crippen LogP contribution in [0.5, 0.6) is 0 Å². The van der Waals surface area contributed by atoms with Gasteiger partial charge >= 0.3 is 0 Å². The number of ether oxygens (including phenoxy) is 1. The van der Waals surface area contributed by atoms with Crippen molar-refractivity contribution >= 4 is 0 Å². The maximum Gasteiger partial charge on any atom is 0.0580 e. The van der Waals surface area contributed by atoms with Crippen LogP contribution in [0, 0.1) is 11.3 Å². The summed E-state index contributed by atoms with van der Waals surface area (Å²) in [6, 6.07) is 0. The molecule has 0 amide bonds. The first kappa shape index (κ1) is 12.4. The first-order valence-corrected chi connectivity index (χ1v) is 7.13. The standard InChI is InChI=1S/C14H27NO/c1-3-5-13-10-14(7-9-16-13)6-8-15-11-12(14)4-2/h12-13,15H,3-11H2,1-2H3. The van der Waals surface area contributed by atoms with Gasteiger partial charge in [0, 0.05) is 6.61 Å². The predicted molar refractivity (Wildman–Crippen MR) is 67.6 cm³/mol. The largest absolute Gasteiger partial charge is 0.378 e. The van der Waals surface area contributed by atoms with E-state index < -0.39 is 0 Å². The average Bonchev–Trinajstić information content (AvgIpc) is 2.30. The van der Waals surface area contributed by atoms with Gasteiger partial charge < -0.3 is 10.1 Å². The molecule has 0 aromatic carbocycles. The first-order valence-electron chi connectivity index (χ1n) is 7.13. The molecule has 0 saturated carbocycles. The summed E-state index contributed by atoms with van der Waals surface area (Å²) >= 11 is 0. The second-order valence-electron chi connectivity index (χ2n) is 5.66. The van der Waals surface area contributed by atoms with Crippen molar-refractivity contribution in [3.05, 3.63) is 0 Å². The van der Waals surface area contributed by atoms with E-state index in [9.17, 15) is 0 Å². The van der Waals surface area contributed by atoms with Crippen molar-refractivity contribution in [2.75, 3.05) is 19.7 Å². The Balaban J connectivity index is 2.03.